The van der Waals surface area contributed by atoms with Gasteiger partial charge in [-0.1, -0.05) is 0 Å². The number of hydrogen-bond donors (Lipinski definition) is 1. The summed E-state index contributed by atoms with van der Waals surface area (Å²) in [5, 5.41) is 8.40. The van der Waals surface area contributed by atoms with Crippen LogP contribution in [-0.2, 0) is 9.47 Å². The lowest BCUT2D eigenvalue weighted by Gasteiger charge is -2.39. The third-order valence-corrected chi connectivity index (χ3v) is 4.49. The first-order chi connectivity index (χ1) is 13.8. The van der Waals surface area contributed by atoms with Gasteiger partial charge in [0.1, 0.15) is 0 Å². The molecule has 0 aliphatic heterocycles. The minimum Gasteiger partial charge on any atom is -0.394 e. The van der Waals surface area contributed by atoms with Crippen LogP contribution in [0.15, 0.2) is 0 Å². The number of halogens is 13. The molecule has 0 amide bonds. The number of hydrogen-bond acceptors (Lipinski definition) is 4. The molecule has 0 aromatic heterocycles. The molecular formula is C14H17F13O3S. The number of aliphatic hydroxyl groups excluding tert-OH is 1. The van der Waals surface area contributed by atoms with Crippen LogP contribution in [0.3, 0.4) is 0 Å². The first-order valence-electron chi connectivity index (χ1n) is 8.11. The fraction of sp³-hybridized carbons (Fsp3) is 1.00. The van der Waals surface area contributed by atoms with Crippen molar-refractivity contribution in [3.8, 4) is 0 Å². The van der Waals surface area contributed by atoms with E-state index in [4.69, 9.17) is 14.6 Å². The quantitative estimate of drug-likeness (QED) is 0.251. The Labute approximate surface area is 171 Å². The van der Waals surface area contributed by atoms with Crippen molar-refractivity contribution in [1.82, 2.24) is 0 Å². The van der Waals surface area contributed by atoms with Crippen LogP contribution in [0.5, 0.6) is 0 Å². The Morgan fingerprint density at radius 3 is 1.45 bits per heavy atom. The predicted octanol–water partition coefficient (Wildman–Crippen LogP) is 4.87. The fourth-order valence-corrected chi connectivity index (χ4v) is 2.61. The van der Waals surface area contributed by atoms with Crippen LogP contribution in [0.4, 0.5) is 57.1 Å². The van der Waals surface area contributed by atoms with E-state index in [9.17, 15) is 57.1 Å². The molecule has 0 heterocycles. The zero-order valence-electron chi connectivity index (χ0n) is 15.2. The topological polar surface area (TPSA) is 38.7 Å². The van der Waals surface area contributed by atoms with Gasteiger partial charge < -0.3 is 14.6 Å². The van der Waals surface area contributed by atoms with Crippen molar-refractivity contribution in [3.63, 3.8) is 0 Å². The van der Waals surface area contributed by atoms with Gasteiger partial charge in [0.2, 0.25) is 0 Å². The number of aliphatic hydroxyl groups is 1. The SMILES string of the molecule is OCCOCCOCCSCCC(F)(F)C(F)(F)C(F)(F)C(F)(F)C(F)(F)C(F)(F)F. The Balaban J connectivity index is 4.95. The zero-order valence-corrected chi connectivity index (χ0v) is 16.1. The molecule has 1 N–H and O–H groups in total. The standard InChI is InChI=1S/C14H17F13O3S/c15-9(16,1-7-31-8-6-30-5-4-29-3-2-28)10(17,18)11(19,20)12(21,22)13(23,24)14(25,26)27/h28H,1-8H2. The number of rotatable bonds is 15. The van der Waals surface area contributed by atoms with Gasteiger partial charge in [-0.05, 0) is 5.75 Å². The molecule has 17 heteroatoms. The van der Waals surface area contributed by atoms with Gasteiger partial charge in [0.25, 0.3) is 0 Å². The van der Waals surface area contributed by atoms with Gasteiger partial charge in [-0.25, -0.2) is 0 Å². The van der Waals surface area contributed by atoms with Gasteiger partial charge in [0, 0.05) is 12.2 Å². The second-order valence-electron chi connectivity index (χ2n) is 5.81. The number of thioether (sulfide) groups is 1. The molecule has 0 bridgehead atoms. The van der Waals surface area contributed by atoms with Gasteiger partial charge in [0.15, 0.2) is 0 Å². The third-order valence-electron chi connectivity index (χ3n) is 3.54. The number of alkyl halides is 13. The first-order valence-corrected chi connectivity index (χ1v) is 9.26. The van der Waals surface area contributed by atoms with Crippen LogP contribution < -0.4 is 0 Å². The molecule has 0 aliphatic carbocycles. The van der Waals surface area contributed by atoms with E-state index < -0.39 is 48.0 Å². The maximum absolute atomic E-state index is 13.5. The Hall–Kier alpha value is -0.680. The highest BCUT2D eigenvalue weighted by molar-refractivity contribution is 7.99. The molecule has 0 aromatic rings. The predicted molar refractivity (Wildman–Crippen MR) is 81.5 cm³/mol. The van der Waals surface area contributed by atoms with E-state index in [0.717, 1.165) is 0 Å². The summed E-state index contributed by atoms with van der Waals surface area (Å²) >= 11 is 0.413. The highest BCUT2D eigenvalue weighted by Crippen LogP contribution is 2.60. The summed E-state index contributed by atoms with van der Waals surface area (Å²) in [6.07, 6.45) is -9.64. The van der Waals surface area contributed by atoms with Crippen molar-refractivity contribution in [1.29, 1.82) is 0 Å². The summed E-state index contributed by atoms with van der Waals surface area (Å²) in [5.41, 5.74) is 0. The lowest BCUT2D eigenvalue weighted by Crippen LogP contribution is -2.70. The first kappa shape index (κ1) is 30.3. The van der Waals surface area contributed by atoms with Crippen molar-refractivity contribution < 1.29 is 71.7 Å². The Morgan fingerprint density at radius 2 is 1.00 bits per heavy atom. The van der Waals surface area contributed by atoms with Crippen LogP contribution in [0.1, 0.15) is 6.42 Å². The summed E-state index contributed by atoms with van der Waals surface area (Å²) in [6, 6.07) is 0. The highest BCUT2D eigenvalue weighted by atomic mass is 32.2. The summed E-state index contributed by atoms with van der Waals surface area (Å²) in [7, 11) is 0. The molecule has 188 valence electrons. The van der Waals surface area contributed by atoms with E-state index in [2.05, 4.69) is 0 Å². The summed E-state index contributed by atoms with van der Waals surface area (Å²) in [6.45, 7) is -0.375. The minimum atomic E-state index is -7.87. The van der Waals surface area contributed by atoms with Crippen LogP contribution in [0.25, 0.3) is 0 Å². The third kappa shape index (κ3) is 6.66. The van der Waals surface area contributed by atoms with E-state index in [1.54, 1.807) is 0 Å². The van der Waals surface area contributed by atoms with Crippen molar-refractivity contribution in [2.45, 2.75) is 42.2 Å². The molecule has 0 spiro atoms. The van der Waals surface area contributed by atoms with Crippen LogP contribution in [0.2, 0.25) is 0 Å². The lowest BCUT2D eigenvalue weighted by molar-refractivity contribution is -0.439. The lowest BCUT2D eigenvalue weighted by atomic mass is 9.93. The molecule has 0 unspecified atom stereocenters. The second kappa shape index (κ2) is 11.0. The molecule has 31 heavy (non-hydrogen) atoms. The minimum absolute atomic E-state index is 0.0104. The smallest absolute Gasteiger partial charge is 0.394 e. The van der Waals surface area contributed by atoms with Crippen LogP contribution in [0, 0.1) is 0 Å². The Morgan fingerprint density at radius 1 is 0.548 bits per heavy atom. The normalized spacial score (nSPS) is 14.9. The van der Waals surface area contributed by atoms with E-state index >= 15 is 0 Å². The maximum Gasteiger partial charge on any atom is 0.460 e. The average Bonchev–Trinajstić information content (AvgIpc) is 2.61. The Kier molecular flexibility index (Phi) is 10.7. The molecule has 0 saturated heterocycles. The van der Waals surface area contributed by atoms with Gasteiger partial charge >= 0.3 is 35.8 Å². The number of ether oxygens (including phenoxy) is 2. The van der Waals surface area contributed by atoms with E-state index in [1.165, 1.54) is 0 Å². The van der Waals surface area contributed by atoms with Gasteiger partial charge in [0.05, 0.1) is 33.0 Å². The average molecular weight is 512 g/mol. The monoisotopic (exact) mass is 512 g/mol. The molecule has 0 radical (unpaired) electrons. The summed E-state index contributed by atoms with van der Waals surface area (Å²) in [4.78, 5) is 0. The van der Waals surface area contributed by atoms with E-state index in [-0.39, 0.29) is 38.8 Å². The largest absolute Gasteiger partial charge is 0.460 e. The zero-order chi connectivity index (χ0) is 24.8. The van der Waals surface area contributed by atoms with Gasteiger partial charge in [-0.2, -0.15) is 68.8 Å². The molecule has 0 aromatic carbocycles. The van der Waals surface area contributed by atoms with Gasteiger partial charge in [-0.15, -0.1) is 0 Å². The highest BCUT2D eigenvalue weighted by Gasteiger charge is 2.90. The Bertz CT molecular complexity index is 540. The van der Waals surface area contributed by atoms with E-state index in [1.807, 2.05) is 0 Å². The van der Waals surface area contributed by atoms with Crippen molar-refractivity contribution >= 4 is 11.8 Å². The van der Waals surface area contributed by atoms with E-state index in [0.29, 0.717) is 11.8 Å². The molecule has 3 nitrogen and oxygen atoms in total. The van der Waals surface area contributed by atoms with Crippen LogP contribution in [-0.4, -0.2) is 85.4 Å². The molecule has 0 fully saturated rings. The van der Waals surface area contributed by atoms with Crippen molar-refractivity contribution in [3.05, 3.63) is 0 Å². The summed E-state index contributed by atoms with van der Waals surface area (Å²) < 4.78 is 177. The maximum atomic E-state index is 13.5. The van der Waals surface area contributed by atoms with Crippen molar-refractivity contribution in [2.75, 3.05) is 44.5 Å². The molecular weight excluding hydrogens is 495 g/mol. The molecule has 0 aliphatic rings. The molecule has 0 atom stereocenters. The molecule has 0 saturated carbocycles. The van der Waals surface area contributed by atoms with Crippen LogP contribution >= 0.6 is 11.8 Å². The van der Waals surface area contributed by atoms with Gasteiger partial charge in [-0.3, -0.25) is 0 Å². The van der Waals surface area contributed by atoms with Crippen molar-refractivity contribution in [2.24, 2.45) is 0 Å². The summed E-state index contributed by atoms with van der Waals surface area (Å²) in [5.74, 6) is -37.8. The fourth-order valence-electron chi connectivity index (χ4n) is 1.77. The molecule has 0 rings (SSSR count). The second-order valence-corrected chi connectivity index (χ2v) is 7.04.